The summed E-state index contributed by atoms with van der Waals surface area (Å²) in [5.41, 5.74) is 0. The number of hydrogen-bond acceptors (Lipinski definition) is 3. The fraction of sp³-hybridized carbons (Fsp3) is 0.667. The molecule has 0 aromatic rings. The Bertz CT molecular complexity index is 191. The minimum Gasteiger partial charge on any atom is -0.273 e. The van der Waals surface area contributed by atoms with Gasteiger partial charge in [-0.15, -0.1) is 0 Å². The van der Waals surface area contributed by atoms with Gasteiger partial charge in [-0.2, -0.15) is 8.42 Å². The van der Waals surface area contributed by atoms with Gasteiger partial charge in [-0.05, 0) is 6.42 Å². The van der Waals surface area contributed by atoms with Gasteiger partial charge in [0.25, 0.3) is 10.1 Å². The van der Waals surface area contributed by atoms with Gasteiger partial charge in [-0.1, -0.05) is 19.1 Å². The second kappa shape index (κ2) is 4.46. The van der Waals surface area contributed by atoms with Gasteiger partial charge in [0, 0.05) is 0 Å². The smallest absolute Gasteiger partial charge is 0.270 e. The molecule has 0 N–H and O–H groups in total. The Morgan fingerprint density at radius 1 is 1.40 bits per heavy atom. The van der Waals surface area contributed by atoms with Crippen LogP contribution in [0.2, 0.25) is 0 Å². The van der Waals surface area contributed by atoms with Gasteiger partial charge in [0.2, 0.25) is 0 Å². The fourth-order valence-electron chi connectivity index (χ4n) is 0.421. The summed E-state index contributed by atoms with van der Waals surface area (Å²) in [6, 6.07) is 0. The van der Waals surface area contributed by atoms with Crippen molar-refractivity contribution >= 4 is 10.1 Å². The Labute approximate surface area is 61.8 Å². The Balaban J connectivity index is 3.80. The molecule has 0 aromatic carbocycles. The van der Waals surface area contributed by atoms with Crippen LogP contribution in [0.15, 0.2) is 12.2 Å². The molecule has 0 aliphatic heterocycles. The molecule has 0 aromatic heterocycles. The zero-order chi connectivity index (χ0) is 8.04. The molecule has 0 aliphatic carbocycles. The van der Waals surface area contributed by atoms with Crippen LogP contribution in [0.3, 0.4) is 0 Å². The molecule has 10 heavy (non-hydrogen) atoms. The summed E-state index contributed by atoms with van der Waals surface area (Å²) in [6.45, 7) is 1.94. The van der Waals surface area contributed by atoms with Crippen LogP contribution in [0.4, 0.5) is 0 Å². The maximum absolute atomic E-state index is 10.6. The standard InChI is InChI=1S/C6H12O3S/c1-3-4-5-6-10(7,8)9-2/h4-5H,3,6H2,1-2H3. The van der Waals surface area contributed by atoms with Crippen molar-refractivity contribution in [2.45, 2.75) is 13.3 Å². The van der Waals surface area contributed by atoms with Crippen LogP contribution in [-0.4, -0.2) is 21.3 Å². The molecule has 0 heterocycles. The van der Waals surface area contributed by atoms with Crippen molar-refractivity contribution < 1.29 is 12.6 Å². The number of hydrogen-bond donors (Lipinski definition) is 0. The van der Waals surface area contributed by atoms with Crippen LogP contribution < -0.4 is 0 Å². The highest BCUT2D eigenvalue weighted by Crippen LogP contribution is 1.91. The molecule has 0 fully saturated rings. The van der Waals surface area contributed by atoms with Crippen molar-refractivity contribution in [2.75, 3.05) is 12.9 Å². The predicted octanol–water partition coefficient (Wildman–Crippen LogP) is 0.929. The Morgan fingerprint density at radius 3 is 2.40 bits per heavy atom. The lowest BCUT2D eigenvalue weighted by atomic mass is 10.4. The Morgan fingerprint density at radius 2 is 2.00 bits per heavy atom. The fourth-order valence-corrected chi connectivity index (χ4v) is 0.928. The number of rotatable bonds is 4. The summed E-state index contributed by atoms with van der Waals surface area (Å²) >= 11 is 0. The molecule has 0 atom stereocenters. The molecule has 0 saturated heterocycles. The van der Waals surface area contributed by atoms with E-state index in [1.54, 1.807) is 12.2 Å². The van der Waals surface area contributed by atoms with Crippen LogP contribution in [-0.2, 0) is 14.3 Å². The average Bonchev–Trinajstić information content (AvgIpc) is 1.89. The first kappa shape index (κ1) is 9.65. The third kappa shape index (κ3) is 4.52. The summed E-state index contributed by atoms with van der Waals surface area (Å²) < 4.78 is 25.4. The van der Waals surface area contributed by atoms with Crippen molar-refractivity contribution in [1.82, 2.24) is 0 Å². The third-order valence-corrected chi connectivity index (χ3v) is 2.07. The van der Waals surface area contributed by atoms with Crippen molar-refractivity contribution in [3.63, 3.8) is 0 Å². The first-order valence-corrected chi connectivity index (χ1v) is 4.63. The van der Waals surface area contributed by atoms with E-state index in [-0.39, 0.29) is 5.75 Å². The molecule has 0 radical (unpaired) electrons. The van der Waals surface area contributed by atoms with Gasteiger partial charge in [0.15, 0.2) is 0 Å². The molecular formula is C6H12O3S. The van der Waals surface area contributed by atoms with Crippen LogP contribution in [0.1, 0.15) is 13.3 Å². The summed E-state index contributed by atoms with van der Waals surface area (Å²) in [5.74, 6) is -0.0304. The zero-order valence-corrected chi connectivity index (χ0v) is 7.02. The molecule has 0 unspecified atom stereocenters. The van der Waals surface area contributed by atoms with Crippen molar-refractivity contribution in [2.24, 2.45) is 0 Å². The second-order valence-electron chi connectivity index (χ2n) is 1.77. The van der Waals surface area contributed by atoms with E-state index in [1.165, 1.54) is 0 Å². The molecule has 4 heteroatoms. The summed E-state index contributed by atoms with van der Waals surface area (Å²) in [6.07, 6.45) is 4.22. The van der Waals surface area contributed by atoms with Crippen molar-refractivity contribution in [3.05, 3.63) is 12.2 Å². The van der Waals surface area contributed by atoms with Gasteiger partial charge in [0.05, 0.1) is 12.9 Å². The van der Waals surface area contributed by atoms with E-state index in [1.807, 2.05) is 6.92 Å². The van der Waals surface area contributed by atoms with Crippen LogP contribution >= 0.6 is 0 Å². The minimum atomic E-state index is -3.28. The van der Waals surface area contributed by atoms with Crippen molar-refractivity contribution in [3.8, 4) is 0 Å². The molecule has 60 valence electrons. The predicted molar refractivity (Wildman–Crippen MR) is 40.2 cm³/mol. The van der Waals surface area contributed by atoms with E-state index in [9.17, 15) is 8.42 Å². The van der Waals surface area contributed by atoms with Crippen molar-refractivity contribution in [1.29, 1.82) is 0 Å². The molecule has 0 amide bonds. The van der Waals surface area contributed by atoms with E-state index in [4.69, 9.17) is 0 Å². The highest BCUT2D eigenvalue weighted by Gasteiger charge is 2.02. The van der Waals surface area contributed by atoms with Gasteiger partial charge in [0.1, 0.15) is 0 Å². The average molecular weight is 164 g/mol. The van der Waals surface area contributed by atoms with E-state index >= 15 is 0 Å². The van der Waals surface area contributed by atoms with E-state index in [0.717, 1.165) is 13.5 Å². The van der Waals surface area contributed by atoms with E-state index in [0.29, 0.717) is 0 Å². The maximum atomic E-state index is 10.6. The van der Waals surface area contributed by atoms with Crippen LogP contribution in [0.25, 0.3) is 0 Å². The molecule has 3 nitrogen and oxygen atoms in total. The maximum Gasteiger partial charge on any atom is 0.270 e. The lowest BCUT2D eigenvalue weighted by Gasteiger charge is -1.93. The van der Waals surface area contributed by atoms with Gasteiger partial charge in [-0.3, -0.25) is 4.18 Å². The summed E-state index contributed by atoms with van der Waals surface area (Å²) in [7, 11) is -2.12. The lowest BCUT2D eigenvalue weighted by molar-refractivity contribution is 0.400. The molecule has 0 bridgehead atoms. The summed E-state index contributed by atoms with van der Waals surface area (Å²) in [5, 5.41) is 0. The summed E-state index contributed by atoms with van der Waals surface area (Å²) in [4.78, 5) is 0. The second-order valence-corrected chi connectivity index (χ2v) is 3.55. The largest absolute Gasteiger partial charge is 0.273 e. The minimum absolute atomic E-state index is 0.0304. The Kier molecular flexibility index (Phi) is 4.31. The Hall–Kier alpha value is -0.350. The molecule has 0 saturated carbocycles. The molecule has 0 spiro atoms. The first-order valence-electron chi connectivity index (χ1n) is 3.05. The lowest BCUT2D eigenvalue weighted by Crippen LogP contribution is -2.04. The SMILES string of the molecule is CCC=CCS(=O)(=O)OC. The highest BCUT2D eigenvalue weighted by molar-refractivity contribution is 7.86. The van der Waals surface area contributed by atoms with Gasteiger partial charge < -0.3 is 0 Å². The molecular weight excluding hydrogens is 152 g/mol. The van der Waals surface area contributed by atoms with E-state index in [2.05, 4.69) is 4.18 Å². The highest BCUT2D eigenvalue weighted by atomic mass is 32.2. The topological polar surface area (TPSA) is 43.4 Å². The zero-order valence-electron chi connectivity index (χ0n) is 6.20. The number of allylic oxidation sites excluding steroid dienone is 1. The molecule has 0 rings (SSSR count). The van der Waals surface area contributed by atoms with Gasteiger partial charge in [-0.25, -0.2) is 0 Å². The third-order valence-electron chi connectivity index (χ3n) is 0.957. The van der Waals surface area contributed by atoms with Crippen LogP contribution in [0.5, 0.6) is 0 Å². The van der Waals surface area contributed by atoms with Gasteiger partial charge >= 0.3 is 0 Å². The normalized spacial score (nSPS) is 12.6. The monoisotopic (exact) mass is 164 g/mol. The molecule has 0 aliphatic rings. The quantitative estimate of drug-likeness (QED) is 0.458. The van der Waals surface area contributed by atoms with E-state index < -0.39 is 10.1 Å². The van der Waals surface area contributed by atoms with Crippen LogP contribution in [0, 0.1) is 0 Å². The first-order chi connectivity index (χ1) is 4.62.